The molecule has 242 valence electrons. The molecule has 2 heteroatoms. The van der Waals surface area contributed by atoms with Crippen LogP contribution < -0.4 is 4.90 Å². The highest BCUT2D eigenvalue weighted by Crippen LogP contribution is 2.51. The van der Waals surface area contributed by atoms with Crippen molar-refractivity contribution in [2.75, 3.05) is 4.90 Å². The van der Waals surface area contributed by atoms with Gasteiger partial charge in [0.25, 0.3) is 0 Å². The fourth-order valence-corrected chi connectivity index (χ4v) is 8.36. The first-order chi connectivity index (χ1) is 25.0. The largest absolute Gasteiger partial charge is 0.456 e. The van der Waals surface area contributed by atoms with Crippen LogP contribution in [0.2, 0.25) is 0 Å². The molecule has 0 saturated carbocycles. The van der Waals surface area contributed by atoms with Crippen molar-refractivity contribution in [3.8, 4) is 33.4 Å². The van der Waals surface area contributed by atoms with Crippen LogP contribution in [-0.4, -0.2) is 0 Å². The van der Waals surface area contributed by atoms with Crippen molar-refractivity contribution in [3.05, 3.63) is 187 Å². The molecule has 1 aromatic heterocycles. The van der Waals surface area contributed by atoms with E-state index in [1.807, 2.05) is 6.07 Å². The molecule has 0 radical (unpaired) electrons. The van der Waals surface area contributed by atoms with Crippen molar-refractivity contribution in [3.63, 3.8) is 0 Å². The van der Waals surface area contributed by atoms with Crippen molar-refractivity contribution >= 4 is 49.8 Å². The van der Waals surface area contributed by atoms with E-state index in [9.17, 15) is 0 Å². The van der Waals surface area contributed by atoms with Gasteiger partial charge in [-0.15, -0.1) is 0 Å². The van der Waals surface area contributed by atoms with E-state index in [1.165, 1.54) is 60.7 Å². The number of fused-ring (bicyclic) bond motifs is 8. The number of hydrogen-bond acceptors (Lipinski definition) is 2. The Kier molecular flexibility index (Phi) is 6.56. The summed E-state index contributed by atoms with van der Waals surface area (Å²) in [4.78, 5) is 2.39. The van der Waals surface area contributed by atoms with Crippen molar-refractivity contribution in [1.82, 2.24) is 0 Å². The van der Waals surface area contributed by atoms with Gasteiger partial charge in [-0.3, -0.25) is 0 Å². The SMILES string of the molecule is CC1(C)c2ccccc2-c2cc(N(c3ccccc3)c3ccc(-c4ccc5ccc6oc7ccccc7c6c5c4)c(-c4ccccc4)c3)ccc21. The molecule has 0 bridgehead atoms. The Morgan fingerprint density at radius 1 is 0.412 bits per heavy atom. The van der Waals surface area contributed by atoms with Crippen molar-refractivity contribution in [2.24, 2.45) is 0 Å². The molecule has 0 fully saturated rings. The third kappa shape index (κ3) is 4.64. The first-order valence-corrected chi connectivity index (χ1v) is 17.7. The average molecular weight is 654 g/mol. The van der Waals surface area contributed by atoms with E-state index in [1.54, 1.807) is 0 Å². The van der Waals surface area contributed by atoms with Gasteiger partial charge in [-0.05, 0) is 110 Å². The monoisotopic (exact) mass is 653 g/mol. The highest BCUT2D eigenvalue weighted by molar-refractivity contribution is 6.19. The van der Waals surface area contributed by atoms with Crippen LogP contribution >= 0.6 is 0 Å². The maximum absolute atomic E-state index is 6.28. The maximum atomic E-state index is 6.28. The summed E-state index contributed by atoms with van der Waals surface area (Å²) in [6.07, 6.45) is 0. The lowest BCUT2D eigenvalue weighted by atomic mass is 9.82. The normalized spacial score (nSPS) is 13.1. The van der Waals surface area contributed by atoms with Crippen LogP contribution in [0, 0.1) is 0 Å². The van der Waals surface area contributed by atoms with Gasteiger partial charge < -0.3 is 9.32 Å². The molecule has 0 spiro atoms. The van der Waals surface area contributed by atoms with Crippen LogP contribution in [0.1, 0.15) is 25.0 Å². The molecule has 51 heavy (non-hydrogen) atoms. The minimum absolute atomic E-state index is 0.0433. The smallest absolute Gasteiger partial charge is 0.136 e. The van der Waals surface area contributed by atoms with Gasteiger partial charge in [0, 0.05) is 33.2 Å². The van der Waals surface area contributed by atoms with Crippen molar-refractivity contribution < 1.29 is 4.42 Å². The number of anilines is 3. The lowest BCUT2D eigenvalue weighted by molar-refractivity contribution is 0.660. The van der Waals surface area contributed by atoms with Gasteiger partial charge in [0.2, 0.25) is 0 Å². The second-order valence-corrected chi connectivity index (χ2v) is 14.1. The minimum Gasteiger partial charge on any atom is -0.456 e. The summed E-state index contributed by atoms with van der Waals surface area (Å²) < 4.78 is 6.28. The zero-order chi connectivity index (χ0) is 34.1. The summed E-state index contributed by atoms with van der Waals surface area (Å²) in [5.41, 5.74) is 15.3. The summed E-state index contributed by atoms with van der Waals surface area (Å²) in [5.74, 6) is 0. The number of nitrogens with zero attached hydrogens (tertiary/aromatic N) is 1. The highest BCUT2D eigenvalue weighted by atomic mass is 16.3. The topological polar surface area (TPSA) is 16.4 Å². The summed E-state index contributed by atoms with van der Waals surface area (Å²) in [5, 5.41) is 4.71. The van der Waals surface area contributed by atoms with Gasteiger partial charge in [-0.2, -0.15) is 0 Å². The van der Waals surface area contributed by atoms with Gasteiger partial charge in [0.1, 0.15) is 11.2 Å². The Morgan fingerprint density at radius 2 is 1.08 bits per heavy atom. The van der Waals surface area contributed by atoms with Crippen molar-refractivity contribution in [2.45, 2.75) is 19.3 Å². The molecule has 8 aromatic carbocycles. The molecular formula is C49H35NO. The summed E-state index contributed by atoms with van der Waals surface area (Å²) in [6, 6.07) is 63.8. The van der Waals surface area contributed by atoms with E-state index in [0.29, 0.717) is 0 Å². The second-order valence-electron chi connectivity index (χ2n) is 14.1. The summed E-state index contributed by atoms with van der Waals surface area (Å²) in [7, 11) is 0. The molecule has 1 aliphatic carbocycles. The van der Waals surface area contributed by atoms with E-state index in [-0.39, 0.29) is 5.41 Å². The minimum atomic E-state index is -0.0433. The van der Waals surface area contributed by atoms with E-state index < -0.39 is 0 Å². The van der Waals surface area contributed by atoms with Crippen LogP contribution in [0.5, 0.6) is 0 Å². The number of hydrogen-bond donors (Lipinski definition) is 0. The van der Waals surface area contributed by atoms with Gasteiger partial charge in [-0.25, -0.2) is 0 Å². The third-order valence-electron chi connectivity index (χ3n) is 10.9. The fraction of sp³-hybridized carbons (Fsp3) is 0.0612. The number of furan rings is 1. The van der Waals surface area contributed by atoms with Gasteiger partial charge in [0.15, 0.2) is 0 Å². The molecule has 2 nitrogen and oxygen atoms in total. The van der Waals surface area contributed by atoms with Crippen LogP contribution in [0.15, 0.2) is 180 Å². The molecule has 0 N–H and O–H groups in total. The molecule has 0 unspecified atom stereocenters. The summed E-state index contributed by atoms with van der Waals surface area (Å²) in [6.45, 7) is 4.67. The zero-order valence-electron chi connectivity index (χ0n) is 28.6. The van der Waals surface area contributed by atoms with E-state index in [0.717, 1.165) is 33.6 Å². The van der Waals surface area contributed by atoms with Crippen LogP contribution in [0.25, 0.3) is 66.1 Å². The Hall–Kier alpha value is -6.38. The van der Waals surface area contributed by atoms with E-state index >= 15 is 0 Å². The zero-order valence-corrected chi connectivity index (χ0v) is 28.6. The molecule has 1 heterocycles. The molecular weight excluding hydrogens is 619 g/mol. The predicted octanol–water partition coefficient (Wildman–Crippen LogP) is 13.8. The number of benzene rings is 8. The van der Waals surface area contributed by atoms with Crippen molar-refractivity contribution in [1.29, 1.82) is 0 Å². The molecule has 0 aliphatic heterocycles. The van der Waals surface area contributed by atoms with Crippen LogP contribution in [0.4, 0.5) is 17.1 Å². The fourth-order valence-electron chi connectivity index (χ4n) is 8.36. The quantitative estimate of drug-likeness (QED) is 0.184. The molecule has 9 aromatic rings. The Morgan fingerprint density at radius 3 is 1.92 bits per heavy atom. The number of para-hydroxylation sites is 2. The predicted molar refractivity (Wildman–Crippen MR) is 214 cm³/mol. The van der Waals surface area contributed by atoms with Gasteiger partial charge in [-0.1, -0.05) is 135 Å². The molecule has 0 saturated heterocycles. The Labute approximate surface area is 297 Å². The lowest BCUT2D eigenvalue weighted by Gasteiger charge is -2.28. The Bertz CT molecular complexity index is 2770. The number of rotatable bonds is 5. The molecule has 0 atom stereocenters. The molecule has 1 aliphatic rings. The lowest BCUT2D eigenvalue weighted by Crippen LogP contribution is -2.15. The first-order valence-electron chi connectivity index (χ1n) is 17.7. The second kappa shape index (κ2) is 11.3. The molecule has 0 amide bonds. The first kappa shape index (κ1) is 29.5. The van der Waals surface area contributed by atoms with Gasteiger partial charge >= 0.3 is 0 Å². The standard InChI is InChI=1S/C49H35NO/c1-49(2)44-19-11-9-17-39(44)43-31-37(25-27-45(43)49)50(35-15-7-4-8-16-35)36-24-26-38(41(30-36)32-13-5-3-6-14-32)34-22-21-33-23-28-47-48(42(33)29-34)40-18-10-12-20-46(40)51-47/h3-31H,1-2H3. The summed E-state index contributed by atoms with van der Waals surface area (Å²) >= 11 is 0. The molecule has 10 rings (SSSR count). The van der Waals surface area contributed by atoms with E-state index in [4.69, 9.17) is 4.42 Å². The maximum Gasteiger partial charge on any atom is 0.136 e. The highest BCUT2D eigenvalue weighted by Gasteiger charge is 2.35. The Balaban J connectivity index is 1.18. The van der Waals surface area contributed by atoms with Gasteiger partial charge in [0.05, 0.1) is 0 Å². The van der Waals surface area contributed by atoms with Crippen LogP contribution in [-0.2, 0) is 5.41 Å². The van der Waals surface area contributed by atoms with Crippen LogP contribution in [0.3, 0.4) is 0 Å². The van der Waals surface area contributed by atoms with E-state index in [2.05, 4.69) is 189 Å². The third-order valence-corrected chi connectivity index (χ3v) is 10.9. The average Bonchev–Trinajstić information content (AvgIpc) is 3.68.